The summed E-state index contributed by atoms with van der Waals surface area (Å²) in [5.74, 6) is -2.06. The lowest BCUT2D eigenvalue weighted by Crippen LogP contribution is -2.56. The van der Waals surface area contributed by atoms with Crippen molar-refractivity contribution in [2.75, 3.05) is 19.0 Å². The predicted molar refractivity (Wildman–Crippen MR) is 116 cm³/mol. The van der Waals surface area contributed by atoms with Crippen LogP contribution in [-0.4, -0.2) is 46.7 Å². The number of carbonyl (C=O) groups excluding carboxylic acids is 2. The average Bonchev–Trinajstić information content (AvgIpc) is 2.78. The van der Waals surface area contributed by atoms with Crippen LogP contribution in [-0.2, 0) is 42.2 Å². The molecule has 0 spiro atoms. The normalized spacial score (nSPS) is 14.1. The third-order valence-corrected chi connectivity index (χ3v) is 6.00. The van der Waals surface area contributed by atoms with E-state index < -0.39 is 58.3 Å². The molecule has 0 saturated carbocycles. The van der Waals surface area contributed by atoms with E-state index in [0.717, 1.165) is 19.2 Å². The van der Waals surface area contributed by atoms with Gasteiger partial charge in [0.05, 0.1) is 18.8 Å². The van der Waals surface area contributed by atoms with Crippen molar-refractivity contribution >= 4 is 28.6 Å². The zero-order valence-electron chi connectivity index (χ0n) is 18.8. The van der Waals surface area contributed by atoms with E-state index >= 15 is 0 Å². The number of methoxy groups -OCH3 is 1. The molecule has 0 fully saturated rings. The summed E-state index contributed by atoms with van der Waals surface area (Å²) in [5, 5.41) is 1.71. The fourth-order valence-corrected chi connectivity index (χ4v) is 3.55. The summed E-state index contributed by atoms with van der Waals surface area (Å²) in [5.41, 5.74) is -5.18. The number of esters is 1. The van der Waals surface area contributed by atoms with Gasteiger partial charge >= 0.3 is 18.3 Å². The number of hydrogen-bond acceptors (Lipinski definition) is 5. The molecule has 0 aliphatic rings. The van der Waals surface area contributed by atoms with E-state index in [1.165, 1.54) is 6.92 Å². The Hall–Kier alpha value is -2.97. The molecule has 2 aromatic carbocycles. The van der Waals surface area contributed by atoms with Crippen LogP contribution in [0.3, 0.4) is 0 Å². The number of ether oxygens (including phenoxy) is 2. The maximum absolute atomic E-state index is 13.7. The molecule has 0 saturated heterocycles. The van der Waals surface area contributed by atoms with Crippen LogP contribution in [0.25, 0.3) is 0 Å². The summed E-state index contributed by atoms with van der Waals surface area (Å²) < 4.78 is 111. The Kier molecular flexibility index (Phi) is 9.26. The predicted octanol–water partition coefficient (Wildman–Crippen LogP) is 4.66. The second-order valence-electron chi connectivity index (χ2n) is 7.50. The fourth-order valence-electron chi connectivity index (χ4n) is 3.16. The van der Waals surface area contributed by atoms with Crippen LogP contribution in [0.1, 0.15) is 28.9 Å². The van der Waals surface area contributed by atoms with Gasteiger partial charge in [0.25, 0.3) is 5.60 Å². The number of hydrogen-bond donors (Lipinski definition) is 2. The minimum Gasteiger partial charge on any atom is -0.467 e. The third kappa shape index (κ3) is 6.62. The summed E-state index contributed by atoms with van der Waals surface area (Å²) in [6.07, 6.45) is -12.2. The van der Waals surface area contributed by atoms with Gasteiger partial charge in [0.2, 0.25) is 5.91 Å². The molecule has 14 heteroatoms. The lowest BCUT2D eigenvalue weighted by atomic mass is 9.91. The van der Waals surface area contributed by atoms with Crippen molar-refractivity contribution in [1.29, 1.82) is 0 Å². The Balaban J connectivity index is 2.22. The zero-order chi connectivity index (χ0) is 27.3. The lowest BCUT2D eigenvalue weighted by molar-refractivity contribution is -0.387. The van der Waals surface area contributed by atoms with Crippen molar-refractivity contribution < 1.29 is 54.2 Å². The van der Waals surface area contributed by atoms with E-state index in [1.54, 1.807) is 24.3 Å². The van der Waals surface area contributed by atoms with Crippen molar-refractivity contribution in [2.24, 2.45) is 0 Å². The van der Waals surface area contributed by atoms with Gasteiger partial charge in [-0.2, -0.15) is 26.3 Å². The van der Waals surface area contributed by atoms with Crippen molar-refractivity contribution in [1.82, 2.24) is 0 Å². The van der Waals surface area contributed by atoms with Gasteiger partial charge in [-0.1, -0.05) is 36.4 Å². The Bertz CT molecular complexity index is 1070. The van der Waals surface area contributed by atoms with Crippen molar-refractivity contribution in [2.45, 2.75) is 36.5 Å². The van der Waals surface area contributed by atoms with Gasteiger partial charge in [-0.05, 0) is 30.2 Å². The van der Waals surface area contributed by atoms with Crippen LogP contribution in [0.15, 0.2) is 48.5 Å². The number of nitrogens with one attached hydrogen (secondary N) is 1. The maximum Gasteiger partial charge on any atom is 0.430 e. The third-order valence-electron chi connectivity index (χ3n) is 5.12. The molecule has 0 heterocycles. The van der Waals surface area contributed by atoms with Crippen LogP contribution in [0.2, 0.25) is 0 Å². The molecule has 0 aliphatic heterocycles. The first-order valence-corrected chi connectivity index (χ1v) is 11.2. The lowest BCUT2D eigenvalue weighted by Gasteiger charge is -2.37. The number of halogens is 6. The molecule has 198 valence electrons. The van der Waals surface area contributed by atoms with Crippen LogP contribution >= 0.6 is 0 Å². The summed E-state index contributed by atoms with van der Waals surface area (Å²) >= 11 is -2.08. The Morgan fingerprint density at radius 2 is 1.50 bits per heavy atom. The van der Waals surface area contributed by atoms with Crippen LogP contribution in [0.5, 0.6) is 0 Å². The second kappa shape index (κ2) is 11.4. The molecule has 36 heavy (non-hydrogen) atoms. The first-order valence-electron chi connectivity index (χ1n) is 10.1. The largest absolute Gasteiger partial charge is 0.467 e. The van der Waals surface area contributed by atoms with E-state index in [2.05, 4.69) is 14.8 Å². The quantitative estimate of drug-likeness (QED) is 0.272. The van der Waals surface area contributed by atoms with Gasteiger partial charge in [0, 0.05) is 11.3 Å². The Labute approximate surface area is 204 Å². The summed E-state index contributed by atoms with van der Waals surface area (Å²) in [6, 6.07) is 8.83. The molecule has 2 N–H and O–H groups in total. The maximum atomic E-state index is 13.7. The average molecular weight is 541 g/mol. The highest BCUT2D eigenvalue weighted by Gasteiger charge is 2.73. The van der Waals surface area contributed by atoms with Crippen LogP contribution in [0, 0.1) is 0 Å². The molecule has 2 aromatic rings. The topological polar surface area (TPSA) is 102 Å². The smallest absolute Gasteiger partial charge is 0.430 e. The number of anilines is 1. The number of rotatable bonds is 9. The minimum atomic E-state index is -5.99. The van der Waals surface area contributed by atoms with Crippen molar-refractivity contribution in [3.05, 3.63) is 65.2 Å². The molecular weight excluding hydrogens is 520 g/mol. The van der Waals surface area contributed by atoms with E-state index in [0.29, 0.717) is 23.3 Å². The van der Waals surface area contributed by atoms with Crippen molar-refractivity contribution in [3.63, 3.8) is 0 Å². The number of carbonyl (C=O) groups is 2. The molecule has 2 atom stereocenters. The van der Waals surface area contributed by atoms with E-state index in [-0.39, 0.29) is 12.1 Å². The van der Waals surface area contributed by atoms with E-state index in [4.69, 9.17) is 4.55 Å². The minimum absolute atomic E-state index is 0.0871. The van der Waals surface area contributed by atoms with Gasteiger partial charge in [-0.15, -0.1) is 0 Å². The zero-order valence-corrected chi connectivity index (χ0v) is 19.6. The van der Waals surface area contributed by atoms with Gasteiger partial charge < -0.3 is 19.3 Å². The second-order valence-corrected chi connectivity index (χ2v) is 8.76. The summed E-state index contributed by atoms with van der Waals surface area (Å²) in [6.45, 7) is -0.0754. The van der Waals surface area contributed by atoms with Crippen LogP contribution < -0.4 is 5.32 Å². The van der Waals surface area contributed by atoms with E-state index in [9.17, 15) is 40.1 Å². The molecule has 0 bridgehead atoms. The molecule has 2 rings (SSSR count). The highest BCUT2D eigenvalue weighted by molar-refractivity contribution is 7.79. The molecule has 0 aromatic heterocycles. The molecule has 0 radical (unpaired) electrons. The standard InChI is InChI=1S/C22H21F6NO6S/c1-13(36(32)33)15-5-3-14(4-6-15)11-18(30)29-17-9-7-16(8-10-17)20(21(23,24)25,22(26,27)28)35-12-19(31)34-2/h3-10,13H,11-12H2,1-2H3,(H,29,30)(H,32,33). The van der Waals surface area contributed by atoms with E-state index in [1.807, 2.05) is 0 Å². The Morgan fingerprint density at radius 1 is 0.972 bits per heavy atom. The van der Waals surface area contributed by atoms with Crippen molar-refractivity contribution in [3.8, 4) is 0 Å². The van der Waals surface area contributed by atoms with Crippen LogP contribution in [0.4, 0.5) is 32.0 Å². The number of benzene rings is 2. The first-order chi connectivity index (χ1) is 16.6. The highest BCUT2D eigenvalue weighted by Crippen LogP contribution is 2.53. The molecule has 2 unspecified atom stereocenters. The molecule has 7 nitrogen and oxygen atoms in total. The Morgan fingerprint density at radius 3 is 1.94 bits per heavy atom. The van der Waals surface area contributed by atoms with Gasteiger partial charge in [-0.25, -0.2) is 9.00 Å². The summed E-state index contributed by atoms with van der Waals surface area (Å²) in [4.78, 5) is 23.5. The first kappa shape index (κ1) is 29.3. The number of alkyl halides is 6. The van der Waals surface area contributed by atoms with Gasteiger partial charge in [-0.3, -0.25) is 4.79 Å². The molecule has 1 amide bonds. The fraction of sp³-hybridized carbons (Fsp3) is 0.364. The monoisotopic (exact) mass is 541 g/mol. The molecular formula is C22H21F6NO6S. The number of amides is 1. The van der Waals surface area contributed by atoms with Gasteiger partial charge in [0.1, 0.15) is 6.61 Å². The molecule has 0 aliphatic carbocycles. The summed E-state index contributed by atoms with van der Waals surface area (Å²) in [7, 11) is 0.776. The van der Waals surface area contributed by atoms with Gasteiger partial charge in [0.15, 0.2) is 11.1 Å². The SMILES string of the molecule is COC(=O)COC(c1ccc(NC(=O)Cc2ccc(C(C)S(=O)O)cc2)cc1)(C(F)(F)F)C(F)(F)F. The highest BCUT2D eigenvalue weighted by atomic mass is 32.2.